The summed E-state index contributed by atoms with van der Waals surface area (Å²) in [7, 11) is 0. The molecule has 0 saturated heterocycles. The van der Waals surface area contributed by atoms with E-state index in [-0.39, 0.29) is 11.5 Å². The maximum absolute atomic E-state index is 14.0. The van der Waals surface area contributed by atoms with Gasteiger partial charge in [-0.05, 0) is 73.0 Å². The van der Waals surface area contributed by atoms with Gasteiger partial charge in [-0.1, -0.05) is 54.6 Å². The lowest BCUT2D eigenvalue weighted by Gasteiger charge is -2.18. The monoisotopic (exact) mass is 484 g/mol. The highest BCUT2D eigenvalue weighted by Crippen LogP contribution is 2.37. The second-order valence-electron chi connectivity index (χ2n) is 8.16. The Morgan fingerprint density at radius 2 is 1.46 bits per heavy atom. The van der Waals surface area contributed by atoms with Gasteiger partial charge in [0.2, 0.25) is 5.91 Å². The van der Waals surface area contributed by atoms with Crippen LogP contribution in [0.25, 0.3) is 0 Å². The number of amides is 2. The minimum absolute atomic E-state index is 0.0273. The van der Waals surface area contributed by atoms with Crippen molar-refractivity contribution in [3.8, 4) is 0 Å². The van der Waals surface area contributed by atoms with Gasteiger partial charge in [0.1, 0.15) is 11.1 Å². The summed E-state index contributed by atoms with van der Waals surface area (Å²) >= 11 is 1.38. The highest BCUT2D eigenvalue weighted by molar-refractivity contribution is 8.00. The molecule has 0 saturated carbocycles. The van der Waals surface area contributed by atoms with Gasteiger partial charge >= 0.3 is 0 Å². The first-order valence-electron chi connectivity index (χ1n) is 11.2. The average molecular weight is 485 g/mol. The van der Waals surface area contributed by atoms with Crippen LogP contribution >= 0.6 is 11.8 Å². The van der Waals surface area contributed by atoms with E-state index in [1.807, 2.05) is 68.4 Å². The lowest BCUT2D eigenvalue weighted by atomic mass is 10.1. The summed E-state index contributed by atoms with van der Waals surface area (Å²) < 4.78 is 14.0. The van der Waals surface area contributed by atoms with Crippen molar-refractivity contribution in [3.63, 3.8) is 0 Å². The number of rotatable bonds is 7. The molecule has 6 heteroatoms. The minimum Gasteiger partial charge on any atom is -0.325 e. The second-order valence-corrected chi connectivity index (χ2v) is 9.34. The van der Waals surface area contributed by atoms with Crippen LogP contribution in [-0.2, 0) is 4.79 Å². The number of benzene rings is 4. The molecule has 0 aliphatic heterocycles. The van der Waals surface area contributed by atoms with Crippen LogP contribution in [0.3, 0.4) is 0 Å². The zero-order valence-corrected chi connectivity index (χ0v) is 20.2. The molecule has 0 heterocycles. The zero-order valence-electron chi connectivity index (χ0n) is 19.4. The molecule has 1 unspecified atom stereocenters. The second kappa shape index (κ2) is 11.0. The molecule has 176 valence electrons. The van der Waals surface area contributed by atoms with Crippen LogP contribution in [0, 0.1) is 19.7 Å². The third kappa shape index (κ3) is 6.16. The Kier molecular flexibility index (Phi) is 7.63. The summed E-state index contributed by atoms with van der Waals surface area (Å²) in [6.07, 6.45) is 0. The number of carbonyl (C=O) groups excluding carboxylic acids is 2. The predicted octanol–water partition coefficient (Wildman–Crippen LogP) is 7.17. The summed E-state index contributed by atoms with van der Waals surface area (Å²) in [6, 6.07) is 28.4. The number of hydrogen-bond donors (Lipinski definition) is 2. The topological polar surface area (TPSA) is 58.2 Å². The Labute approximate surface area is 208 Å². The van der Waals surface area contributed by atoms with Crippen LogP contribution in [0.2, 0.25) is 0 Å². The highest BCUT2D eigenvalue weighted by Gasteiger charge is 2.23. The Bertz CT molecular complexity index is 1360. The number of carbonyl (C=O) groups is 2. The smallest absolute Gasteiger partial charge is 0.258 e. The van der Waals surface area contributed by atoms with E-state index in [4.69, 9.17) is 0 Å². The molecule has 4 rings (SSSR count). The average Bonchev–Trinajstić information content (AvgIpc) is 2.86. The summed E-state index contributed by atoms with van der Waals surface area (Å²) in [4.78, 5) is 26.7. The molecule has 4 aromatic carbocycles. The molecule has 0 fully saturated rings. The van der Waals surface area contributed by atoms with Gasteiger partial charge in [-0.25, -0.2) is 4.39 Å². The highest BCUT2D eigenvalue weighted by atomic mass is 32.2. The molecule has 0 bridgehead atoms. The summed E-state index contributed by atoms with van der Waals surface area (Å²) in [6.45, 7) is 4.04. The van der Waals surface area contributed by atoms with E-state index in [0.29, 0.717) is 5.69 Å². The molecular formula is C29H25FN2O2S. The fourth-order valence-electron chi connectivity index (χ4n) is 3.55. The fraction of sp³-hybridized carbons (Fsp3) is 0.103. The largest absolute Gasteiger partial charge is 0.325 e. The molecule has 0 spiro atoms. The molecule has 4 nitrogen and oxygen atoms in total. The van der Waals surface area contributed by atoms with Gasteiger partial charge in [-0.15, -0.1) is 11.8 Å². The van der Waals surface area contributed by atoms with E-state index in [2.05, 4.69) is 10.6 Å². The zero-order chi connectivity index (χ0) is 24.8. The number of anilines is 2. The van der Waals surface area contributed by atoms with E-state index in [0.717, 1.165) is 27.3 Å². The number of thioether (sulfide) groups is 1. The standard InChI is InChI=1S/C29H25FN2O2S/c1-19-15-16-23(17-20(19)2)32-29(34)27(21-9-4-3-5-10-21)35-24-12-8-11-22(18-24)31-28(33)25-13-6-7-14-26(25)30/h3-18,27H,1-2H3,(H,31,33)(H,32,34). The van der Waals surface area contributed by atoms with E-state index >= 15 is 0 Å². The third-order valence-electron chi connectivity index (χ3n) is 5.58. The van der Waals surface area contributed by atoms with Crippen LogP contribution in [0.4, 0.5) is 15.8 Å². The first-order chi connectivity index (χ1) is 16.9. The first-order valence-corrected chi connectivity index (χ1v) is 12.0. The van der Waals surface area contributed by atoms with Crippen LogP contribution in [0.5, 0.6) is 0 Å². The van der Waals surface area contributed by atoms with E-state index in [1.54, 1.807) is 24.3 Å². The Balaban J connectivity index is 1.55. The fourth-order valence-corrected chi connectivity index (χ4v) is 4.64. The summed E-state index contributed by atoms with van der Waals surface area (Å²) in [5.74, 6) is -1.26. The third-order valence-corrected chi connectivity index (χ3v) is 6.83. The SMILES string of the molecule is Cc1ccc(NC(=O)C(Sc2cccc(NC(=O)c3ccccc3F)c2)c2ccccc2)cc1C. The lowest BCUT2D eigenvalue weighted by Crippen LogP contribution is -2.19. The summed E-state index contributed by atoms with van der Waals surface area (Å²) in [5.41, 5.74) is 4.35. The lowest BCUT2D eigenvalue weighted by molar-refractivity contribution is -0.115. The minimum atomic E-state index is -0.581. The van der Waals surface area contributed by atoms with Crippen LogP contribution in [0.15, 0.2) is 102 Å². The molecule has 0 aromatic heterocycles. The van der Waals surface area contributed by atoms with E-state index in [9.17, 15) is 14.0 Å². The first kappa shape index (κ1) is 24.2. The van der Waals surface area contributed by atoms with Crippen molar-refractivity contribution in [1.29, 1.82) is 0 Å². The van der Waals surface area contributed by atoms with Crippen molar-refractivity contribution in [2.75, 3.05) is 10.6 Å². The van der Waals surface area contributed by atoms with Crippen molar-refractivity contribution in [1.82, 2.24) is 0 Å². The van der Waals surface area contributed by atoms with Gasteiger partial charge in [0.15, 0.2) is 0 Å². The van der Waals surface area contributed by atoms with Gasteiger partial charge in [-0.2, -0.15) is 0 Å². The number of nitrogens with one attached hydrogen (secondary N) is 2. The summed E-state index contributed by atoms with van der Waals surface area (Å²) in [5, 5.41) is 5.25. The number of halogens is 1. The molecule has 2 amide bonds. The maximum Gasteiger partial charge on any atom is 0.258 e. The normalized spacial score (nSPS) is 11.5. The van der Waals surface area contributed by atoms with Crippen LogP contribution in [0.1, 0.15) is 32.3 Å². The van der Waals surface area contributed by atoms with Crippen LogP contribution in [-0.4, -0.2) is 11.8 Å². The van der Waals surface area contributed by atoms with Gasteiger partial charge in [0, 0.05) is 16.3 Å². The van der Waals surface area contributed by atoms with Crippen molar-refractivity contribution in [3.05, 3.63) is 125 Å². The van der Waals surface area contributed by atoms with Gasteiger partial charge in [0.25, 0.3) is 5.91 Å². The molecule has 1 atom stereocenters. The van der Waals surface area contributed by atoms with Gasteiger partial charge in [0.05, 0.1) is 5.56 Å². The quantitative estimate of drug-likeness (QED) is 0.274. The van der Waals surface area contributed by atoms with Crippen molar-refractivity contribution < 1.29 is 14.0 Å². The van der Waals surface area contributed by atoms with E-state index in [1.165, 1.54) is 30.0 Å². The van der Waals surface area contributed by atoms with Crippen LogP contribution < -0.4 is 10.6 Å². The van der Waals surface area contributed by atoms with Crippen molar-refractivity contribution in [2.45, 2.75) is 24.0 Å². The van der Waals surface area contributed by atoms with Crippen molar-refractivity contribution >= 4 is 35.0 Å². The molecule has 0 radical (unpaired) electrons. The number of aryl methyl sites for hydroxylation is 2. The maximum atomic E-state index is 14.0. The molecule has 4 aromatic rings. The van der Waals surface area contributed by atoms with Crippen molar-refractivity contribution in [2.24, 2.45) is 0 Å². The molecule has 0 aliphatic rings. The predicted molar refractivity (Wildman–Crippen MR) is 140 cm³/mol. The molecule has 0 aliphatic carbocycles. The van der Waals surface area contributed by atoms with Gasteiger partial charge < -0.3 is 10.6 Å². The molecule has 2 N–H and O–H groups in total. The Hall–Kier alpha value is -3.90. The molecular weight excluding hydrogens is 459 g/mol. The number of hydrogen-bond acceptors (Lipinski definition) is 3. The Morgan fingerprint density at radius 1 is 0.743 bits per heavy atom. The Morgan fingerprint density at radius 3 is 2.20 bits per heavy atom. The van der Waals surface area contributed by atoms with Gasteiger partial charge in [-0.3, -0.25) is 9.59 Å². The molecule has 35 heavy (non-hydrogen) atoms. The van der Waals surface area contributed by atoms with E-state index < -0.39 is 17.0 Å².